The Kier molecular flexibility index (Phi) is 19.0. The van der Waals surface area contributed by atoms with Crippen molar-refractivity contribution >= 4 is 0 Å². The highest BCUT2D eigenvalue weighted by Crippen LogP contribution is 2.06. The van der Waals surface area contributed by atoms with Crippen molar-refractivity contribution in [1.82, 2.24) is 29.3 Å². The van der Waals surface area contributed by atoms with Gasteiger partial charge in [-0.25, -0.2) is 9.97 Å². The molecule has 0 saturated carbocycles. The minimum atomic E-state index is 0.747. The van der Waals surface area contributed by atoms with E-state index < -0.39 is 0 Å². The lowest BCUT2D eigenvalue weighted by Gasteiger charge is -2.04. The highest BCUT2D eigenvalue weighted by Gasteiger charge is 1.98. The topological polar surface area (TPSA) is 77.5 Å². The minimum absolute atomic E-state index is 0.747. The third-order valence-electron chi connectivity index (χ3n) is 6.13. The molecule has 0 unspecified atom stereocenters. The third kappa shape index (κ3) is 19.9. The predicted octanol–water partition coefficient (Wildman–Crippen LogP) is 8.72. The molecule has 0 aromatic carbocycles. The van der Waals surface area contributed by atoms with Crippen molar-refractivity contribution in [3.63, 3.8) is 0 Å². The zero-order valence-electron chi connectivity index (χ0n) is 26.5. The smallest absolute Gasteiger partial charge is 0.180 e. The van der Waals surface area contributed by atoms with Crippen molar-refractivity contribution in [2.75, 3.05) is 0 Å². The molecule has 0 spiro atoms. The van der Waals surface area contributed by atoms with E-state index in [-0.39, 0.29) is 0 Å². The average molecular weight is 553 g/mol. The first-order chi connectivity index (χ1) is 19.2. The van der Waals surface area contributed by atoms with E-state index in [4.69, 9.17) is 4.42 Å². The molecule has 7 heteroatoms. The van der Waals surface area contributed by atoms with Crippen molar-refractivity contribution < 1.29 is 4.42 Å². The van der Waals surface area contributed by atoms with Gasteiger partial charge >= 0.3 is 0 Å². The summed E-state index contributed by atoms with van der Waals surface area (Å²) in [6.45, 7) is 20.0. The molecule has 0 fully saturated rings. The molecule has 4 heterocycles. The Morgan fingerprint density at radius 2 is 1.38 bits per heavy atom. The van der Waals surface area contributed by atoms with Gasteiger partial charge in [-0.15, -0.1) is 0 Å². The van der Waals surface area contributed by atoms with Crippen LogP contribution in [-0.2, 0) is 25.9 Å². The quantitative estimate of drug-likeness (QED) is 0.191. The van der Waals surface area contributed by atoms with Gasteiger partial charge in [0.25, 0.3) is 0 Å². The first-order valence-electron chi connectivity index (χ1n) is 15.1. The summed E-state index contributed by atoms with van der Waals surface area (Å²) in [7, 11) is 0. The lowest BCUT2D eigenvalue weighted by atomic mass is 10.1. The first-order valence-corrected chi connectivity index (χ1v) is 15.1. The summed E-state index contributed by atoms with van der Waals surface area (Å²) in [4.78, 5) is 11.0. The van der Waals surface area contributed by atoms with E-state index >= 15 is 0 Å². The fourth-order valence-corrected chi connectivity index (χ4v) is 3.41. The molecule has 4 aromatic rings. The van der Waals surface area contributed by atoms with Crippen LogP contribution in [0.25, 0.3) is 0 Å². The number of aryl methyl sites for hydroxylation is 4. The summed E-state index contributed by atoms with van der Waals surface area (Å²) >= 11 is 0. The number of aromatic amines is 1. The average Bonchev–Trinajstić information content (AvgIpc) is 3.73. The highest BCUT2D eigenvalue weighted by atomic mass is 16.3. The molecule has 0 radical (unpaired) electrons. The second kappa shape index (κ2) is 21.7. The molecule has 0 aliphatic rings. The van der Waals surface area contributed by atoms with Crippen LogP contribution in [0.4, 0.5) is 0 Å². The van der Waals surface area contributed by atoms with Gasteiger partial charge in [0.2, 0.25) is 0 Å². The van der Waals surface area contributed by atoms with Crippen molar-refractivity contribution in [1.29, 1.82) is 0 Å². The van der Waals surface area contributed by atoms with Crippen LogP contribution >= 0.6 is 0 Å². The lowest BCUT2D eigenvalue weighted by Crippen LogP contribution is -2.01. The normalized spacial score (nSPS) is 10.7. The second-order valence-electron chi connectivity index (χ2n) is 12.0. The molecule has 40 heavy (non-hydrogen) atoms. The summed E-state index contributed by atoms with van der Waals surface area (Å²) < 4.78 is 9.03. The lowest BCUT2D eigenvalue weighted by molar-refractivity contribution is 0.487. The second-order valence-corrected chi connectivity index (χ2v) is 12.0. The monoisotopic (exact) mass is 552 g/mol. The maximum absolute atomic E-state index is 4.84. The van der Waals surface area contributed by atoms with Crippen molar-refractivity contribution in [2.24, 2.45) is 23.7 Å². The van der Waals surface area contributed by atoms with E-state index in [0.717, 1.165) is 55.3 Å². The van der Waals surface area contributed by atoms with Crippen LogP contribution in [-0.4, -0.2) is 29.3 Å². The number of nitrogens with one attached hydrogen (secondary N) is 1. The zero-order valence-corrected chi connectivity index (χ0v) is 26.5. The molecule has 4 aromatic heterocycles. The van der Waals surface area contributed by atoms with Crippen LogP contribution in [0.2, 0.25) is 0 Å². The summed E-state index contributed by atoms with van der Waals surface area (Å²) in [6.07, 6.45) is 21.9. The van der Waals surface area contributed by atoms with Gasteiger partial charge in [0.1, 0.15) is 6.26 Å². The molecular weight excluding hydrogens is 496 g/mol. The van der Waals surface area contributed by atoms with E-state index in [0.29, 0.717) is 0 Å². The fraction of sp³-hybridized carbons (Fsp3) is 0.606. The Morgan fingerprint density at radius 3 is 1.88 bits per heavy atom. The molecule has 0 saturated heterocycles. The number of H-pyrrole nitrogens is 1. The number of hydrogen-bond acceptors (Lipinski definition) is 4. The predicted molar refractivity (Wildman–Crippen MR) is 167 cm³/mol. The van der Waals surface area contributed by atoms with Gasteiger partial charge < -0.3 is 14.0 Å². The van der Waals surface area contributed by atoms with Crippen LogP contribution in [0, 0.1) is 23.7 Å². The number of imidazole rings is 1. The number of aromatic nitrogens is 6. The summed E-state index contributed by atoms with van der Waals surface area (Å²) in [6, 6.07) is 6.10. The van der Waals surface area contributed by atoms with Crippen LogP contribution < -0.4 is 0 Å². The van der Waals surface area contributed by atoms with Crippen LogP contribution in [0.15, 0.2) is 72.6 Å². The van der Waals surface area contributed by atoms with Crippen molar-refractivity contribution in [3.05, 3.63) is 79.6 Å². The van der Waals surface area contributed by atoms with Gasteiger partial charge in [-0.2, -0.15) is 5.10 Å². The Morgan fingerprint density at radius 1 is 0.750 bits per heavy atom. The third-order valence-corrected chi connectivity index (χ3v) is 6.13. The first kappa shape index (κ1) is 34.9. The van der Waals surface area contributed by atoms with Crippen molar-refractivity contribution in [2.45, 2.75) is 107 Å². The fourth-order valence-electron chi connectivity index (χ4n) is 3.41. The highest BCUT2D eigenvalue weighted by molar-refractivity contribution is 4.94. The molecule has 1 N–H and O–H groups in total. The minimum Gasteiger partial charge on any atom is -0.451 e. The van der Waals surface area contributed by atoms with Gasteiger partial charge in [0, 0.05) is 49.8 Å². The van der Waals surface area contributed by atoms with Gasteiger partial charge in [0.15, 0.2) is 6.39 Å². The van der Waals surface area contributed by atoms with Gasteiger partial charge in [0.05, 0.1) is 12.0 Å². The molecule has 0 atom stereocenters. The molecule has 4 rings (SSSR count). The van der Waals surface area contributed by atoms with E-state index in [9.17, 15) is 0 Å². The summed E-state index contributed by atoms with van der Waals surface area (Å²) in [5.74, 6) is 3.10. The summed E-state index contributed by atoms with van der Waals surface area (Å²) in [5.41, 5.74) is 2.31. The number of rotatable bonds is 12. The molecule has 0 aliphatic carbocycles. The van der Waals surface area contributed by atoms with E-state index in [1.807, 2.05) is 29.3 Å². The van der Waals surface area contributed by atoms with Gasteiger partial charge in [-0.1, -0.05) is 55.4 Å². The molecule has 7 nitrogen and oxygen atoms in total. The molecular formula is C33H56N6O. The largest absolute Gasteiger partial charge is 0.451 e. The molecule has 0 aliphatic heterocycles. The Hall–Kier alpha value is -3.09. The number of hydrogen-bond donors (Lipinski definition) is 1. The molecule has 0 amide bonds. The van der Waals surface area contributed by atoms with Crippen LogP contribution in [0.3, 0.4) is 0 Å². The standard InChI is InChI=1S/C9H15N.2C8H14N2.C8H13NO/c1-9(2)5-8-10-6-3-4-7-10;1-8(2)4-7-10-6-3-5-9-10;1-7(2)3-4-8-5-9-6-10-8;1-7(2)3-4-8-5-10-6-9-8/h3-4,6-7,9H,5,8H2,1-2H3;3,5-6,8H,4,7H2,1-2H3;5-7H,3-4H2,1-2H3,(H,9,10);5-7H,3-4H2,1-2H3. The Balaban J connectivity index is 0.000000267. The maximum atomic E-state index is 4.84. The van der Waals surface area contributed by atoms with Gasteiger partial charge in [-0.05, 0) is 80.4 Å². The number of nitrogens with zero attached hydrogens (tertiary/aromatic N) is 5. The Labute approximate surface area is 243 Å². The van der Waals surface area contributed by atoms with Crippen LogP contribution in [0.5, 0.6) is 0 Å². The van der Waals surface area contributed by atoms with Gasteiger partial charge in [-0.3, -0.25) is 4.68 Å². The van der Waals surface area contributed by atoms with E-state index in [2.05, 4.69) is 105 Å². The number of oxazole rings is 1. The summed E-state index contributed by atoms with van der Waals surface area (Å²) in [5, 5.41) is 4.10. The molecule has 224 valence electrons. The van der Waals surface area contributed by atoms with Crippen molar-refractivity contribution in [3.8, 4) is 0 Å². The van der Waals surface area contributed by atoms with E-state index in [1.165, 1.54) is 37.8 Å². The maximum Gasteiger partial charge on any atom is 0.180 e. The Bertz CT molecular complexity index is 833. The molecule has 0 bridgehead atoms. The zero-order chi connectivity index (χ0) is 29.6. The van der Waals surface area contributed by atoms with E-state index in [1.54, 1.807) is 12.6 Å². The van der Waals surface area contributed by atoms with Crippen LogP contribution in [0.1, 0.15) is 92.5 Å². The SMILES string of the molecule is CC(C)CCc1cnc[nH]1.CC(C)CCc1cocn1.CC(C)CCn1cccc1.CC(C)CCn1cccn1.